The lowest BCUT2D eigenvalue weighted by atomic mass is 9.67. The van der Waals surface area contributed by atoms with Crippen LogP contribution in [0.3, 0.4) is 0 Å². The van der Waals surface area contributed by atoms with Crippen molar-refractivity contribution in [3.8, 4) is 0 Å². The van der Waals surface area contributed by atoms with Crippen molar-refractivity contribution >= 4 is 17.1 Å². The van der Waals surface area contributed by atoms with Gasteiger partial charge in [0, 0.05) is 41.6 Å². The number of nitrogens with zero attached hydrogens (tertiary/aromatic N) is 2. The van der Waals surface area contributed by atoms with Crippen LogP contribution in [0.1, 0.15) is 75.3 Å². The van der Waals surface area contributed by atoms with Crippen molar-refractivity contribution in [3.05, 3.63) is 83.6 Å². The quantitative estimate of drug-likeness (QED) is 0.443. The Hall–Kier alpha value is -2.61. The summed E-state index contributed by atoms with van der Waals surface area (Å²) in [6.45, 7) is 0. The first kappa shape index (κ1) is 21.0. The molecule has 0 amide bonds. The Kier molecular flexibility index (Phi) is 5.09. The van der Waals surface area contributed by atoms with E-state index in [4.69, 9.17) is 0 Å². The van der Waals surface area contributed by atoms with E-state index < -0.39 is 0 Å². The first-order chi connectivity index (χ1) is 16.2. The predicted octanol–water partition coefficient (Wildman–Crippen LogP) is 7.41. The lowest BCUT2D eigenvalue weighted by Crippen LogP contribution is -2.36. The number of likely N-dealkylation sites (N-methyl/N-ethyl adjacent to an activating group) is 1. The summed E-state index contributed by atoms with van der Waals surface area (Å²) >= 11 is 0. The fourth-order valence-corrected chi connectivity index (χ4v) is 7.65. The van der Waals surface area contributed by atoms with E-state index in [0.717, 1.165) is 0 Å². The Balaban J connectivity index is 1.41. The zero-order chi connectivity index (χ0) is 22.5. The van der Waals surface area contributed by atoms with Crippen LogP contribution in [0, 0.1) is 0 Å². The Morgan fingerprint density at radius 3 is 2.09 bits per heavy atom. The molecule has 2 heteroatoms. The number of benzene rings is 2. The van der Waals surface area contributed by atoms with Crippen molar-refractivity contribution in [2.75, 3.05) is 19.0 Å². The second kappa shape index (κ2) is 8.01. The van der Waals surface area contributed by atoms with Crippen LogP contribution < -0.4 is 4.90 Å². The topological polar surface area (TPSA) is 6.25 Å². The zero-order valence-electron chi connectivity index (χ0n) is 20.3. The summed E-state index contributed by atoms with van der Waals surface area (Å²) < 4.78 is 2.47. The van der Waals surface area contributed by atoms with Crippen LogP contribution in [0.4, 0.5) is 11.4 Å². The fraction of sp³-hybridized carbons (Fsp3) is 0.452. The van der Waals surface area contributed by atoms with Crippen LogP contribution in [-0.4, -0.2) is 24.4 Å². The first-order valence-electron chi connectivity index (χ1n) is 13.1. The van der Waals surface area contributed by atoms with E-state index in [2.05, 4.69) is 90.3 Å². The van der Waals surface area contributed by atoms with Gasteiger partial charge < -0.3 is 4.90 Å². The van der Waals surface area contributed by atoms with E-state index in [0.29, 0.717) is 0 Å². The molecular weight excluding hydrogens is 400 g/mol. The summed E-state index contributed by atoms with van der Waals surface area (Å²) in [4.78, 5) is 2.47. The largest absolute Gasteiger partial charge is 0.347 e. The minimum Gasteiger partial charge on any atom is -0.347 e. The number of allylic oxidation sites excluding steroid dienone is 4. The molecule has 0 bridgehead atoms. The molecule has 2 saturated carbocycles. The monoisotopic (exact) mass is 437 g/mol. The SMILES string of the molecule is CN1C(=CC=CC2=[N+](C)c3ccccc3C23CCCCC3)C2(CCCCC2)c2ccccc21. The summed E-state index contributed by atoms with van der Waals surface area (Å²) in [7, 11) is 4.55. The van der Waals surface area contributed by atoms with E-state index in [1.165, 1.54) is 87.0 Å². The van der Waals surface area contributed by atoms with E-state index in [1.54, 1.807) is 11.1 Å². The molecule has 2 aliphatic heterocycles. The smallest absolute Gasteiger partial charge is 0.209 e. The molecule has 0 unspecified atom stereocenters. The molecule has 0 N–H and O–H groups in total. The highest BCUT2D eigenvalue weighted by molar-refractivity contribution is 6.03. The van der Waals surface area contributed by atoms with Gasteiger partial charge in [0.15, 0.2) is 5.71 Å². The molecule has 2 nitrogen and oxygen atoms in total. The number of hydrogen-bond donors (Lipinski definition) is 0. The number of hydrogen-bond acceptors (Lipinski definition) is 1. The average Bonchev–Trinajstić information content (AvgIpc) is 3.22. The predicted molar refractivity (Wildman–Crippen MR) is 139 cm³/mol. The molecule has 33 heavy (non-hydrogen) atoms. The van der Waals surface area contributed by atoms with Crippen LogP contribution >= 0.6 is 0 Å². The third kappa shape index (κ3) is 3.02. The minimum absolute atomic E-state index is 0.200. The molecule has 2 aromatic rings. The van der Waals surface area contributed by atoms with E-state index >= 15 is 0 Å². The molecule has 0 saturated heterocycles. The maximum atomic E-state index is 2.47. The van der Waals surface area contributed by atoms with Crippen LogP contribution in [0.15, 0.2) is 72.5 Å². The first-order valence-corrected chi connectivity index (χ1v) is 13.1. The molecule has 2 aliphatic carbocycles. The summed E-state index contributed by atoms with van der Waals surface area (Å²) in [6, 6.07) is 18.2. The molecule has 170 valence electrons. The summed E-state index contributed by atoms with van der Waals surface area (Å²) in [5, 5.41) is 0. The van der Waals surface area contributed by atoms with Gasteiger partial charge in [-0.2, -0.15) is 4.58 Å². The average molecular weight is 438 g/mol. The standard InChI is InChI=1S/C31H37N2/c1-32-26-16-7-5-14-24(26)30(20-9-3-10-21-30)28(32)18-13-19-29-31(22-11-4-12-23-31)25-15-6-8-17-27(25)33(29)2/h5-8,13-19H,3-4,9-12,20-23H2,1-2H3/q+1. The van der Waals surface area contributed by atoms with E-state index in [9.17, 15) is 0 Å². The number of fused-ring (bicyclic) bond motifs is 4. The summed E-state index contributed by atoms with van der Waals surface area (Å²) in [6.07, 6.45) is 20.5. The molecule has 6 rings (SSSR count). The van der Waals surface area contributed by atoms with Crippen LogP contribution in [0.2, 0.25) is 0 Å². The highest BCUT2D eigenvalue weighted by Crippen LogP contribution is 2.54. The van der Waals surface area contributed by atoms with Gasteiger partial charge in [-0.3, -0.25) is 0 Å². The van der Waals surface area contributed by atoms with Gasteiger partial charge in [0.2, 0.25) is 5.69 Å². The van der Waals surface area contributed by atoms with Gasteiger partial charge in [-0.05, 0) is 43.4 Å². The summed E-state index contributed by atoms with van der Waals surface area (Å²) in [5.41, 5.74) is 9.30. The van der Waals surface area contributed by atoms with Crippen molar-refractivity contribution < 1.29 is 4.58 Å². The third-order valence-corrected chi connectivity index (χ3v) is 9.19. The van der Waals surface area contributed by atoms with Crippen molar-refractivity contribution in [1.82, 2.24) is 0 Å². The van der Waals surface area contributed by atoms with Gasteiger partial charge in [0.25, 0.3) is 0 Å². The molecule has 2 aromatic carbocycles. The molecule has 0 radical (unpaired) electrons. The molecule has 2 fully saturated rings. The minimum atomic E-state index is 0.200. The van der Waals surface area contributed by atoms with Crippen LogP contribution in [0.25, 0.3) is 0 Å². The van der Waals surface area contributed by atoms with Crippen LogP contribution in [-0.2, 0) is 10.8 Å². The van der Waals surface area contributed by atoms with Gasteiger partial charge in [-0.15, -0.1) is 0 Å². The molecule has 0 aromatic heterocycles. The lowest BCUT2D eigenvalue weighted by Gasteiger charge is -2.36. The van der Waals surface area contributed by atoms with Gasteiger partial charge >= 0.3 is 0 Å². The highest BCUT2D eigenvalue weighted by Gasteiger charge is 2.50. The highest BCUT2D eigenvalue weighted by atomic mass is 15.2. The maximum absolute atomic E-state index is 2.47. The van der Waals surface area contributed by atoms with E-state index in [1.807, 2.05) is 0 Å². The van der Waals surface area contributed by atoms with Crippen molar-refractivity contribution in [2.45, 2.75) is 75.0 Å². The fourth-order valence-electron chi connectivity index (χ4n) is 7.65. The Morgan fingerprint density at radius 2 is 1.36 bits per heavy atom. The Bertz CT molecular complexity index is 1150. The van der Waals surface area contributed by atoms with Crippen molar-refractivity contribution in [2.24, 2.45) is 0 Å². The van der Waals surface area contributed by atoms with Gasteiger partial charge in [0.05, 0.1) is 5.41 Å². The van der Waals surface area contributed by atoms with Crippen molar-refractivity contribution in [1.29, 1.82) is 0 Å². The zero-order valence-corrected chi connectivity index (χ0v) is 20.3. The molecule has 0 atom stereocenters. The number of anilines is 1. The Morgan fingerprint density at radius 1 is 0.758 bits per heavy atom. The second-order valence-electron chi connectivity index (χ2n) is 10.7. The molecule has 2 spiro atoms. The third-order valence-electron chi connectivity index (χ3n) is 9.19. The van der Waals surface area contributed by atoms with Gasteiger partial charge in [-0.1, -0.05) is 81.0 Å². The Labute approximate surface area is 199 Å². The molecule has 4 aliphatic rings. The maximum Gasteiger partial charge on any atom is 0.209 e. The summed E-state index contributed by atoms with van der Waals surface area (Å²) in [5.74, 6) is 0. The second-order valence-corrected chi connectivity index (χ2v) is 10.7. The van der Waals surface area contributed by atoms with Crippen molar-refractivity contribution in [3.63, 3.8) is 0 Å². The number of para-hydroxylation sites is 2. The van der Waals surface area contributed by atoms with Crippen LogP contribution in [0.5, 0.6) is 0 Å². The van der Waals surface area contributed by atoms with Gasteiger partial charge in [0.1, 0.15) is 7.05 Å². The normalized spacial score (nSPS) is 24.3. The van der Waals surface area contributed by atoms with Gasteiger partial charge in [-0.25, -0.2) is 0 Å². The van der Waals surface area contributed by atoms with E-state index in [-0.39, 0.29) is 10.8 Å². The molecule has 2 heterocycles. The molecular formula is C31H37N2+. The lowest BCUT2D eigenvalue weighted by molar-refractivity contribution is -0.401. The number of rotatable bonds is 2.